The van der Waals surface area contributed by atoms with E-state index in [9.17, 15) is 10.2 Å². The molecule has 3 aromatic carbocycles. The zero-order valence-electron chi connectivity index (χ0n) is 21.1. The molecule has 3 heterocycles. The summed E-state index contributed by atoms with van der Waals surface area (Å²) in [7, 11) is 0. The first-order valence-corrected chi connectivity index (χ1v) is 13.6. The van der Waals surface area contributed by atoms with Crippen molar-refractivity contribution in [1.82, 2.24) is 15.3 Å². The second-order valence-electron chi connectivity index (χ2n) is 11.1. The SMILES string of the molecule is Oc1cc(-c2ccc3c(N4C[C@H]5CC[C@@H](C4)N5)nc(OCC4CCC(O)C4)nc3c2F)c2ccccc2c1. The largest absolute Gasteiger partial charge is 0.508 e. The molecule has 4 aromatic rings. The van der Waals surface area contributed by atoms with Crippen LogP contribution in [0.4, 0.5) is 10.2 Å². The minimum absolute atomic E-state index is 0.0839. The van der Waals surface area contributed by atoms with Gasteiger partial charge in [-0.3, -0.25) is 0 Å². The Morgan fingerprint density at radius 2 is 1.76 bits per heavy atom. The molecule has 0 amide bonds. The molecule has 8 heteroatoms. The molecule has 0 spiro atoms. The van der Waals surface area contributed by atoms with Crippen LogP contribution in [0, 0.1) is 11.7 Å². The molecule has 2 unspecified atom stereocenters. The van der Waals surface area contributed by atoms with Crippen molar-refractivity contribution in [2.45, 2.75) is 50.3 Å². The Balaban J connectivity index is 1.35. The molecular weight excluding hydrogens is 483 g/mol. The standard InChI is InChI=1S/C30H31FN4O3/c31-27-24(26-13-22(37)12-18-3-1-2-4-23(18)26)9-10-25-28(27)33-30(38-16-17-5-8-21(36)11-17)34-29(25)35-14-19-6-7-20(15-35)32-19/h1-4,9-10,12-13,17,19-21,32,36-37H,5-8,11,14-16H2/t17?,19-,20+,21?. The molecule has 2 aliphatic heterocycles. The number of piperazine rings is 1. The third kappa shape index (κ3) is 4.22. The summed E-state index contributed by atoms with van der Waals surface area (Å²) in [6.07, 6.45) is 4.33. The summed E-state index contributed by atoms with van der Waals surface area (Å²) in [6.45, 7) is 2.00. The fourth-order valence-electron chi connectivity index (χ4n) is 6.52. The van der Waals surface area contributed by atoms with Crippen LogP contribution in [0.15, 0.2) is 48.5 Å². The van der Waals surface area contributed by atoms with E-state index >= 15 is 4.39 Å². The van der Waals surface area contributed by atoms with Crippen molar-refractivity contribution in [2.24, 2.45) is 5.92 Å². The highest BCUT2D eigenvalue weighted by Crippen LogP contribution is 2.39. The monoisotopic (exact) mass is 514 g/mol. The smallest absolute Gasteiger partial charge is 0.319 e. The number of fused-ring (bicyclic) bond motifs is 4. The predicted molar refractivity (Wildman–Crippen MR) is 145 cm³/mol. The molecule has 38 heavy (non-hydrogen) atoms. The molecule has 3 aliphatic rings. The molecule has 0 radical (unpaired) electrons. The molecule has 2 bridgehead atoms. The van der Waals surface area contributed by atoms with Crippen molar-refractivity contribution in [3.63, 3.8) is 0 Å². The topological polar surface area (TPSA) is 90.7 Å². The first kappa shape index (κ1) is 23.6. The predicted octanol–water partition coefficient (Wildman–Crippen LogP) is 4.78. The average Bonchev–Trinajstić information content (AvgIpc) is 3.50. The third-order valence-corrected chi connectivity index (χ3v) is 8.38. The molecule has 7 nitrogen and oxygen atoms in total. The number of aromatic nitrogens is 2. The van der Waals surface area contributed by atoms with Crippen molar-refractivity contribution >= 4 is 27.5 Å². The highest BCUT2D eigenvalue weighted by molar-refractivity contribution is 6.01. The van der Waals surface area contributed by atoms with Gasteiger partial charge in [0, 0.05) is 36.1 Å². The maximum absolute atomic E-state index is 16.4. The number of halogens is 1. The third-order valence-electron chi connectivity index (χ3n) is 8.38. The van der Waals surface area contributed by atoms with Gasteiger partial charge in [-0.1, -0.05) is 30.3 Å². The molecular formula is C30H31FN4O3. The van der Waals surface area contributed by atoms with Gasteiger partial charge >= 0.3 is 6.01 Å². The summed E-state index contributed by atoms with van der Waals surface area (Å²) < 4.78 is 22.5. The van der Waals surface area contributed by atoms with E-state index in [-0.39, 0.29) is 29.3 Å². The zero-order chi connectivity index (χ0) is 25.8. The van der Waals surface area contributed by atoms with Gasteiger partial charge in [0.2, 0.25) is 0 Å². The van der Waals surface area contributed by atoms with Gasteiger partial charge < -0.3 is 25.2 Å². The lowest BCUT2D eigenvalue weighted by molar-refractivity contribution is 0.165. The van der Waals surface area contributed by atoms with Crippen LogP contribution in [0.5, 0.6) is 11.8 Å². The van der Waals surface area contributed by atoms with Gasteiger partial charge in [0.25, 0.3) is 0 Å². The van der Waals surface area contributed by atoms with E-state index in [1.54, 1.807) is 18.2 Å². The Labute approximate surface area is 220 Å². The van der Waals surface area contributed by atoms with Crippen molar-refractivity contribution in [3.05, 3.63) is 54.3 Å². The van der Waals surface area contributed by atoms with E-state index in [2.05, 4.69) is 15.2 Å². The Hall–Kier alpha value is -3.49. The summed E-state index contributed by atoms with van der Waals surface area (Å²) in [5.41, 5.74) is 1.20. The lowest BCUT2D eigenvalue weighted by Gasteiger charge is -2.34. The number of benzene rings is 3. The fourth-order valence-corrected chi connectivity index (χ4v) is 6.52. The van der Waals surface area contributed by atoms with Crippen molar-refractivity contribution in [1.29, 1.82) is 0 Å². The number of aliphatic hydroxyl groups is 1. The minimum Gasteiger partial charge on any atom is -0.508 e. The Kier molecular flexibility index (Phi) is 5.82. The van der Waals surface area contributed by atoms with Crippen LogP contribution in [0.3, 0.4) is 0 Å². The van der Waals surface area contributed by atoms with Crippen LogP contribution in [0.25, 0.3) is 32.8 Å². The highest BCUT2D eigenvalue weighted by atomic mass is 19.1. The molecule has 1 aromatic heterocycles. The van der Waals surface area contributed by atoms with Gasteiger partial charge in [-0.2, -0.15) is 9.97 Å². The number of nitrogens with zero attached hydrogens (tertiary/aromatic N) is 3. The Bertz CT molecular complexity index is 1520. The molecule has 1 aliphatic carbocycles. The molecule has 2 saturated heterocycles. The van der Waals surface area contributed by atoms with Gasteiger partial charge in [0.15, 0.2) is 5.82 Å². The number of phenolic OH excluding ortho intramolecular Hbond substituents is 1. The number of aliphatic hydroxyl groups excluding tert-OH is 1. The molecule has 3 N–H and O–H groups in total. The number of nitrogens with one attached hydrogen (secondary N) is 1. The highest BCUT2D eigenvalue weighted by Gasteiger charge is 2.34. The molecule has 4 atom stereocenters. The number of hydrogen-bond donors (Lipinski definition) is 3. The average molecular weight is 515 g/mol. The van der Waals surface area contributed by atoms with E-state index in [1.165, 1.54) is 0 Å². The van der Waals surface area contributed by atoms with Crippen LogP contribution in [0.2, 0.25) is 0 Å². The van der Waals surface area contributed by atoms with Gasteiger partial charge in [-0.05, 0) is 72.6 Å². The van der Waals surface area contributed by atoms with Crippen molar-refractivity contribution < 1.29 is 19.3 Å². The lowest BCUT2D eigenvalue weighted by atomic mass is 9.96. The first-order valence-electron chi connectivity index (χ1n) is 13.6. The number of rotatable bonds is 5. The maximum atomic E-state index is 16.4. The van der Waals surface area contributed by atoms with Gasteiger partial charge in [0.1, 0.15) is 17.1 Å². The van der Waals surface area contributed by atoms with Crippen LogP contribution >= 0.6 is 0 Å². The van der Waals surface area contributed by atoms with Crippen molar-refractivity contribution in [3.8, 4) is 22.9 Å². The lowest BCUT2D eigenvalue weighted by Crippen LogP contribution is -2.51. The first-order chi connectivity index (χ1) is 18.5. The van der Waals surface area contributed by atoms with Gasteiger partial charge in [0.05, 0.1) is 12.7 Å². The van der Waals surface area contributed by atoms with Gasteiger partial charge in [-0.25, -0.2) is 4.39 Å². The van der Waals surface area contributed by atoms with Crippen LogP contribution in [-0.4, -0.2) is 58.1 Å². The second-order valence-corrected chi connectivity index (χ2v) is 11.1. The van der Waals surface area contributed by atoms with Crippen LogP contribution in [0.1, 0.15) is 32.1 Å². The Morgan fingerprint density at radius 3 is 2.55 bits per heavy atom. The molecule has 7 rings (SSSR count). The summed E-state index contributed by atoms with van der Waals surface area (Å²) in [6, 6.07) is 15.5. The summed E-state index contributed by atoms with van der Waals surface area (Å²) in [4.78, 5) is 11.6. The Morgan fingerprint density at radius 1 is 0.947 bits per heavy atom. The summed E-state index contributed by atoms with van der Waals surface area (Å²) >= 11 is 0. The minimum atomic E-state index is -0.457. The number of hydrogen-bond acceptors (Lipinski definition) is 7. The maximum Gasteiger partial charge on any atom is 0.319 e. The number of anilines is 1. The quantitative estimate of drug-likeness (QED) is 0.353. The second kappa shape index (κ2) is 9.36. The van der Waals surface area contributed by atoms with Crippen LogP contribution in [-0.2, 0) is 0 Å². The fraction of sp³-hybridized carbons (Fsp3) is 0.400. The summed E-state index contributed by atoms with van der Waals surface area (Å²) in [5.74, 6) is 0.556. The van der Waals surface area contributed by atoms with Crippen molar-refractivity contribution in [2.75, 3.05) is 24.6 Å². The van der Waals surface area contributed by atoms with E-state index in [1.807, 2.05) is 30.3 Å². The van der Waals surface area contributed by atoms with E-state index in [4.69, 9.17) is 9.72 Å². The molecule has 3 fully saturated rings. The number of aromatic hydroxyl groups is 1. The van der Waals surface area contributed by atoms with E-state index in [0.717, 1.165) is 49.5 Å². The molecule has 1 saturated carbocycles. The summed E-state index contributed by atoms with van der Waals surface area (Å²) in [5, 5.41) is 26.3. The van der Waals surface area contributed by atoms with E-state index < -0.39 is 5.82 Å². The van der Waals surface area contributed by atoms with Crippen LogP contribution < -0.4 is 15.0 Å². The van der Waals surface area contributed by atoms with E-state index in [0.29, 0.717) is 47.4 Å². The number of phenols is 1. The number of ether oxygens (including phenoxy) is 1. The molecule has 196 valence electrons. The van der Waals surface area contributed by atoms with Gasteiger partial charge in [-0.15, -0.1) is 0 Å². The zero-order valence-corrected chi connectivity index (χ0v) is 21.1. The normalized spacial score (nSPS) is 24.9.